The minimum absolute atomic E-state index is 0.0126. The third kappa shape index (κ3) is 5.49. The molecule has 0 bridgehead atoms. The monoisotopic (exact) mass is 428 g/mol. The summed E-state index contributed by atoms with van der Waals surface area (Å²) in [5.74, 6) is -0.256. The lowest BCUT2D eigenvalue weighted by Gasteiger charge is -2.11. The van der Waals surface area contributed by atoms with Gasteiger partial charge in [0.25, 0.3) is 5.91 Å². The molecule has 3 aromatic rings. The molecule has 32 heavy (non-hydrogen) atoms. The number of hydrazone groups is 1. The second-order valence-electron chi connectivity index (χ2n) is 7.77. The fraction of sp³-hybridized carbons (Fsp3) is 0.200. The van der Waals surface area contributed by atoms with E-state index in [9.17, 15) is 14.7 Å². The normalized spacial score (nSPS) is 10.9. The summed E-state index contributed by atoms with van der Waals surface area (Å²) in [4.78, 5) is 24.6. The van der Waals surface area contributed by atoms with Gasteiger partial charge in [-0.25, -0.2) is 5.43 Å². The summed E-state index contributed by atoms with van der Waals surface area (Å²) >= 11 is 0. The number of phenols is 1. The molecule has 0 unspecified atom stereocenters. The van der Waals surface area contributed by atoms with Crippen LogP contribution in [0.15, 0.2) is 59.7 Å². The topological polar surface area (TPSA) is 115 Å². The Labute approximate surface area is 186 Å². The first-order chi connectivity index (χ1) is 15.4. The molecule has 0 aliphatic carbocycles. The van der Waals surface area contributed by atoms with Crippen LogP contribution in [0.5, 0.6) is 5.75 Å². The summed E-state index contributed by atoms with van der Waals surface area (Å²) in [5.41, 5.74) is 4.14. The lowest BCUT2D eigenvalue weighted by Crippen LogP contribution is -2.17. The second kappa shape index (κ2) is 10.2. The Morgan fingerprint density at radius 3 is 2.59 bits per heavy atom. The molecule has 3 rings (SSSR count). The summed E-state index contributed by atoms with van der Waals surface area (Å²) in [6, 6.07) is 17.1. The van der Waals surface area contributed by atoms with E-state index in [2.05, 4.69) is 29.7 Å². The Morgan fingerprint density at radius 2 is 1.88 bits per heavy atom. The Morgan fingerprint density at radius 1 is 1.12 bits per heavy atom. The highest BCUT2D eigenvalue weighted by Gasteiger charge is 2.10. The molecule has 2 amide bonds. The summed E-state index contributed by atoms with van der Waals surface area (Å²) < 4.78 is 0. The van der Waals surface area contributed by atoms with Crippen LogP contribution in [0.3, 0.4) is 0 Å². The van der Waals surface area contributed by atoms with Crippen LogP contribution in [0.25, 0.3) is 10.8 Å². The predicted octanol–water partition coefficient (Wildman–Crippen LogP) is 4.56. The van der Waals surface area contributed by atoms with Crippen molar-refractivity contribution in [3.05, 3.63) is 71.3 Å². The Hall–Kier alpha value is -4.18. The minimum atomic E-state index is -0.504. The molecule has 0 spiro atoms. The van der Waals surface area contributed by atoms with Gasteiger partial charge in [-0.2, -0.15) is 10.4 Å². The molecule has 0 aromatic heterocycles. The highest BCUT2D eigenvalue weighted by atomic mass is 16.3. The number of nitriles is 1. The molecule has 0 heterocycles. The fourth-order valence-electron chi connectivity index (χ4n) is 3.17. The van der Waals surface area contributed by atoms with Crippen molar-refractivity contribution in [1.29, 1.82) is 5.26 Å². The van der Waals surface area contributed by atoms with E-state index in [1.807, 2.05) is 42.5 Å². The number of carbonyl (C=O) groups is 2. The van der Waals surface area contributed by atoms with E-state index >= 15 is 0 Å². The SMILES string of the molecule is CC(C)CCC(=O)Nc1ccc(C=NNC(=O)c2ccc(O)c(C#N)c2)c2ccccc12. The molecule has 7 nitrogen and oxygen atoms in total. The van der Waals surface area contributed by atoms with Crippen molar-refractivity contribution in [2.45, 2.75) is 26.7 Å². The number of carbonyl (C=O) groups excluding carboxylic acids is 2. The van der Waals surface area contributed by atoms with Gasteiger partial charge in [0.05, 0.1) is 11.8 Å². The quantitative estimate of drug-likeness (QED) is 0.378. The summed E-state index contributed by atoms with van der Waals surface area (Å²) in [5, 5.41) is 27.3. The van der Waals surface area contributed by atoms with E-state index in [1.165, 1.54) is 24.4 Å². The van der Waals surface area contributed by atoms with Crippen LogP contribution in [-0.2, 0) is 4.79 Å². The molecule has 0 fully saturated rings. The number of amides is 2. The van der Waals surface area contributed by atoms with Crippen LogP contribution in [0, 0.1) is 17.2 Å². The van der Waals surface area contributed by atoms with E-state index in [1.54, 1.807) is 0 Å². The maximum absolute atomic E-state index is 12.3. The van der Waals surface area contributed by atoms with Gasteiger partial charge < -0.3 is 10.4 Å². The Bertz CT molecular complexity index is 1230. The van der Waals surface area contributed by atoms with Crippen molar-refractivity contribution in [2.24, 2.45) is 11.0 Å². The third-order valence-electron chi connectivity index (χ3n) is 4.93. The van der Waals surface area contributed by atoms with Crippen LogP contribution in [0.1, 0.15) is 48.2 Å². The van der Waals surface area contributed by atoms with Crippen molar-refractivity contribution >= 4 is 34.5 Å². The number of nitrogens with zero attached hydrogens (tertiary/aromatic N) is 2. The number of anilines is 1. The minimum Gasteiger partial charge on any atom is -0.507 e. The van der Waals surface area contributed by atoms with Gasteiger partial charge in [-0.15, -0.1) is 0 Å². The van der Waals surface area contributed by atoms with Crippen molar-refractivity contribution < 1.29 is 14.7 Å². The zero-order valence-electron chi connectivity index (χ0n) is 17.9. The maximum atomic E-state index is 12.3. The first kappa shape index (κ1) is 22.5. The van der Waals surface area contributed by atoms with Crippen LogP contribution in [0.4, 0.5) is 5.69 Å². The number of rotatable bonds is 7. The van der Waals surface area contributed by atoms with Gasteiger partial charge in [0.2, 0.25) is 5.91 Å². The highest BCUT2D eigenvalue weighted by Crippen LogP contribution is 2.26. The average Bonchev–Trinajstić information content (AvgIpc) is 2.79. The second-order valence-corrected chi connectivity index (χ2v) is 7.77. The smallest absolute Gasteiger partial charge is 0.271 e. The summed E-state index contributed by atoms with van der Waals surface area (Å²) in [6.07, 6.45) is 2.81. The van der Waals surface area contributed by atoms with Crippen molar-refractivity contribution in [3.63, 3.8) is 0 Å². The first-order valence-corrected chi connectivity index (χ1v) is 10.3. The largest absolute Gasteiger partial charge is 0.507 e. The van der Waals surface area contributed by atoms with E-state index in [0.717, 1.165) is 28.4 Å². The van der Waals surface area contributed by atoms with E-state index in [-0.39, 0.29) is 22.8 Å². The zero-order valence-corrected chi connectivity index (χ0v) is 17.9. The van der Waals surface area contributed by atoms with Crippen LogP contribution in [-0.4, -0.2) is 23.1 Å². The number of nitrogens with one attached hydrogen (secondary N) is 2. The molecule has 3 aromatic carbocycles. The molecule has 7 heteroatoms. The van der Waals surface area contributed by atoms with Gasteiger partial charge in [-0.05, 0) is 42.0 Å². The summed E-state index contributed by atoms with van der Waals surface area (Å²) in [6.45, 7) is 4.17. The summed E-state index contributed by atoms with van der Waals surface area (Å²) in [7, 11) is 0. The number of aromatic hydroxyl groups is 1. The molecular weight excluding hydrogens is 404 g/mol. The molecule has 0 aliphatic rings. The van der Waals surface area contributed by atoms with E-state index < -0.39 is 5.91 Å². The van der Waals surface area contributed by atoms with Crippen LogP contribution in [0.2, 0.25) is 0 Å². The number of fused-ring (bicyclic) bond motifs is 1. The van der Waals surface area contributed by atoms with Crippen LogP contribution >= 0.6 is 0 Å². The van der Waals surface area contributed by atoms with Crippen molar-refractivity contribution in [3.8, 4) is 11.8 Å². The van der Waals surface area contributed by atoms with Gasteiger partial charge >= 0.3 is 0 Å². The first-order valence-electron chi connectivity index (χ1n) is 10.3. The number of hydrogen-bond acceptors (Lipinski definition) is 5. The van der Waals surface area contributed by atoms with E-state index in [4.69, 9.17) is 5.26 Å². The molecule has 0 atom stereocenters. The molecule has 0 aliphatic heterocycles. The molecule has 0 saturated carbocycles. The molecule has 3 N–H and O–H groups in total. The lowest BCUT2D eigenvalue weighted by molar-refractivity contribution is -0.116. The Balaban J connectivity index is 1.77. The zero-order chi connectivity index (χ0) is 23.1. The van der Waals surface area contributed by atoms with Gasteiger partial charge in [0.15, 0.2) is 0 Å². The maximum Gasteiger partial charge on any atom is 0.271 e. The van der Waals surface area contributed by atoms with Crippen molar-refractivity contribution in [1.82, 2.24) is 5.43 Å². The Kier molecular flexibility index (Phi) is 7.19. The number of benzene rings is 3. The van der Waals surface area contributed by atoms with Gasteiger partial charge in [0.1, 0.15) is 11.8 Å². The molecule has 0 radical (unpaired) electrons. The predicted molar refractivity (Wildman–Crippen MR) is 125 cm³/mol. The number of hydrogen-bond donors (Lipinski definition) is 3. The fourth-order valence-corrected chi connectivity index (χ4v) is 3.17. The van der Waals surface area contributed by atoms with Gasteiger partial charge in [0, 0.05) is 28.6 Å². The van der Waals surface area contributed by atoms with E-state index in [0.29, 0.717) is 12.3 Å². The highest BCUT2D eigenvalue weighted by molar-refractivity contribution is 6.08. The molecular formula is C25H24N4O3. The molecule has 0 saturated heterocycles. The third-order valence-corrected chi connectivity index (χ3v) is 4.93. The standard InChI is InChI=1S/C25H24N4O3/c1-16(2)7-12-24(31)28-22-10-8-18(20-5-3-4-6-21(20)22)15-27-29-25(32)17-9-11-23(30)19(13-17)14-26/h3-6,8-11,13,15-16,30H,7,12H2,1-2H3,(H,28,31)(H,29,32). The number of phenolic OH excluding ortho intramolecular Hbond substituents is 1. The molecule has 162 valence electrons. The lowest BCUT2D eigenvalue weighted by atomic mass is 10.0. The van der Waals surface area contributed by atoms with Crippen LogP contribution < -0.4 is 10.7 Å². The van der Waals surface area contributed by atoms with Gasteiger partial charge in [-0.1, -0.05) is 44.2 Å². The van der Waals surface area contributed by atoms with Crippen molar-refractivity contribution in [2.75, 3.05) is 5.32 Å². The van der Waals surface area contributed by atoms with Gasteiger partial charge in [-0.3, -0.25) is 9.59 Å². The average molecular weight is 428 g/mol.